The largest absolute Gasteiger partial charge is 0.379 e. The minimum atomic E-state index is -2.31. The van der Waals surface area contributed by atoms with Gasteiger partial charge in [-0.1, -0.05) is 12.1 Å². The Balaban J connectivity index is 1.93. The average molecular weight is 226 g/mol. The lowest BCUT2D eigenvalue weighted by Gasteiger charge is -2.10. The molecule has 2 rings (SSSR count). The molecule has 0 saturated carbocycles. The van der Waals surface area contributed by atoms with Crippen molar-refractivity contribution >= 4 is 5.69 Å². The molecule has 0 spiro atoms. The summed E-state index contributed by atoms with van der Waals surface area (Å²) >= 11 is 0. The standard InChI is InChI=1S/C12H16F2N2/c13-12(14)8-16-11-3-1-9(2-4-11)10-5-6-15-7-10/h1-4,10,12,15-16H,5-8H2. The van der Waals surface area contributed by atoms with E-state index in [9.17, 15) is 8.78 Å². The van der Waals surface area contributed by atoms with Crippen molar-refractivity contribution < 1.29 is 8.78 Å². The quantitative estimate of drug-likeness (QED) is 0.824. The molecule has 0 aromatic heterocycles. The van der Waals surface area contributed by atoms with Gasteiger partial charge < -0.3 is 10.6 Å². The Morgan fingerprint density at radius 2 is 2.06 bits per heavy atom. The van der Waals surface area contributed by atoms with Crippen molar-refractivity contribution in [1.29, 1.82) is 0 Å². The molecule has 1 fully saturated rings. The smallest absolute Gasteiger partial charge is 0.255 e. The minimum Gasteiger partial charge on any atom is -0.379 e. The summed E-state index contributed by atoms with van der Waals surface area (Å²) in [4.78, 5) is 0. The van der Waals surface area contributed by atoms with E-state index < -0.39 is 6.43 Å². The average Bonchev–Trinajstić information content (AvgIpc) is 2.80. The van der Waals surface area contributed by atoms with Gasteiger partial charge in [-0.15, -0.1) is 0 Å². The van der Waals surface area contributed by atoms with E-state index in [4.69, 9.17) is 0 Å². The molecule has 1 atom stereocenters. The first-order valence-corrected chi connectivity index (χ1v) is 5.58. The first-order chi connectivity index (χ1) is 7.75. The van der Waals surface area contributed by atoms with E-state index in [2.05, 4.69) is 10.6 Å². The van der Waals surface area contributed by atoms with Crippen molar-refractivity contribution in [2.45, 2.75) is 18.8 Å². The van der Waals surface area contributed by atoms with Crippen LogP contribution in [0.2, 0.25) is 0 Å². The Hall–Kier alpha value is -1.16. The Labute approximate surface area is 94.0 Å². The van der Waals surface area contributed by atoms with Crippen LogP contribution in [0.1, 0.15) is 17.9 Å². The summed E-state index contributed by atoms with van der Waals surface area (Å²) in [6, 6.07) is 7.78. The summed E-state index contributed by atoms with van der Waals surface area (Å²) in [6.45, 7) is 1.80. The molecule has 4 heteroatoms. The fraction of sp³-hybridized carbons (Fsp3) is 0.500. The monoisotopic (exact) mass is 226 g/mol. The maximum atomic E-state index is 12.0. The van der Waals surface area contributed by atoms with Gasteiger partial charge in [0, 0.05) is 12.2 Å². The molecule has 0 radical (unpaired) electrons. The molecule has 1 heterocycles. The molecule has 1 aliphatic heterocycles. The molecule has 1 saturated heterocycles. The van der Waals surface area contributed by atoms with Gasteiger partial charge in [-0.3, -0.25) is 0 Å². The summed E-state index contributed by atoms with van der Waals surface area (Å²) in [7, 11) is 0. The number of halogens is 2. The lowest BCUT2D eigenvalue weighted by atomic mass is 9.98. The third-order valence-electron chi connectivity index (χ3n) is 2.90. The van der Waals surface area contributed by atoms with Crippen LogP contribution in [0, 0.1) is 0 Å². The zero-order chi connectivity index (χ0) is 11.4. The predicted octanol–water partition coefficient (Wildman–Crippen LogP) is 2.44. The highest BCUT2D eigenvalue weighted by molar-refractivity contribution is 5.45. The molecule has 0 amide bonds. The number of nitrogens with one attached hydrogen (secondary N) is 2. The highest BCUT2D eigenvalue weighted by atomic mass is 19.3. The van der Waals surface area contributed by atoms with Gasteiger partial charge in [-0.2, -0.15) is 0 Å². The summed E-state index contributed by atoms with van der Waals surface area (Å²) in [5.74, 6) is 0.573. The summed E-state index contributed by atoms with van der Waals surface area (Å²) in [5.41, 5.74) is 2.04. The Bertz CT molecular complexity index is 318. The number of benzene rings is 1. The van der Waals surface area contributed by atoms with E-state index in [1.54, 1.807) is 0 Å². The van der Waals surface area contributed by atoms with Gasteiger partial charge in [0.15, 0.2) is 0 Å². The molecule has 1 aromatic carbocycles. The molecular formula is C12H16F2N2. The van der Waals surface area contributed by atoms with Crippen LogP contribution in [0.3, 0.4) is 0 Å². The van der Waals surface area contributed by atoms with Crippen molar-refractivity contribution in [2.75, 3.05) is 25.0 Å². The molecule has 0 bridgehead atoms. The molecule has 1 unspecified atom stereocenters. The van der Waals surface area contributed by atoms with Gasteiger partial charge >= 0.3 is 0 Å². The van der Waals surface area contributed by atoms with Gasteiger partial charge in [0.1, 0.15) is 0 Å². The maximum Gasteiger partial charge on any atom is 0.255 e. The second-order valence-corrected chi connectivity index (χ2v) is 4.08. The van der Waals surface area contributed by atoms with Crippen molar-refractivity contribution in [3.8, 4) is 0 Å². The van der Waals surface area contributed by atoms with Crippen LogP contribution in [0.25, 0.3) is 0 Å². The van der Waals surface area contributed by atoms with Gasteiger partial charge in [0.2, 0.25) is 0 Å². The molecule has 2 N–H and O–H groups in total. The fourth-order valence-electron chi connectivity index (χ4n) is 2.01. The number of alkyl halides is 2. The number of hydrogen-bond acceptors (Lipinski definition) is 2. The van der Waals surface area contributed by atoms with E-state index in [1.165, 1.54) is 5.56 Å². The number of hydrogen-bond donors (Lipinski definition) is 2. The van der Waals surface area contributed by atoms with E-state index in [-0.39, 0.29) is 6.54 Å². The molecule has 1 aliphatic rings. The van der Waals surface area contributed by atoms with E-state index >= 15 is 0 Å². The van der Waals surface area contributed by atoms with Crippen molar-refractivity contribution in [3.63, 3.8) is 0 Å². The second kappa shape index (κ2) is 5.25. The van der Waals surface area contributed by atoms with Crippen molar-refractivity contribution in [1.82, 2.24) is 5.32 Å². The normalized spacial score (nSPS) is 20.3. The molecule has 1 aromatic rings. The molecule has 0 aliphatic carbocycles. The Morgan fingerprint density at radius 1 is 1.31 bits per heavy atom. The van der Waals surface area contributed by atoms with Gasteiger partial charge in [0.25, 0.3) is 6.43 Å². The second-order valence-electron chi connectivity index (χ2n) is 4.08. The highest BCUT2D eigenvalue weighted by Crippen LogP contribution is 2.23. The zero-order valence-corrected chi connectivity index (χ0v) is 9.05. The zero-order valence-electron chi connectivity index (χ0n) is 9.05. The van der Waals surface area contributed by atoms with E-state index in [0.717, 1.165) is 25.2 Å². The molecule has 88 valence electrons. The van der Waals surface area contributed by atoms with Gasteiger partial charge in [-0.05, 0) is 36.6 Å². The third-order valence-corrected chi connectivity index (χ3v) is 2.90. The van der Waals surface area contributed by atoms with Crippen LogP contribution in [0.15, 0.2) is 24.3 Å². The van der Waals surface area contributed by atoms with Gasteiger partial charge in [-0.25, -0.2) is 8.78 Å². The predicted molar refractivity (Wildman–Crippen MR) is 61.2 cm³/mol. The van der Waals surface area contributed by atoms with Crippen molar-refractivity contribution in [2.24, 2.45) is 0 Å². The van der Waals surface area contributed by atoms with Gasteiger partial charge in [0.05, 0.1) is 6.54 Å². The Morgan fingerprint density at radius 3 is 2.62 bits per heavy atom. The van der Waals surface area contributed by atoms with Crippen molar-refractivity contribution in [3.05, 3.63) is 29.8 Å². The first-order valence-electron chi connectivity index (χ1n) is 5.58. The number of anilines is 1. The van der Waals surface area contributed by atoms with Crippen LogP contribution >= 0.6 is 0 Å². The van der Waals surface area contributed by atoms with Crippen LogP contribution in [-0.4, -0.2) is 26.1 Å². The topological polar surface area (TPSA) is 24.1 Å². The summed E-state index contributed by atoms with van der Waals surface area (Å²) < 4.78 is 23.9. The SMILES string of the molecule is FC(F)CNc1ccc(C2CCNC2)cc1. The van der Waals surface area contributed by atoms with Crippen LogP contribution < -0.4 is 10.6 Å². The molecular weight excluding hydrogens is 210 g/mol. The highest BCUT2D eigenvalue weighted by Gasteiger charge is 2.15. The molecule has 16 heavy (non-hydrogen) atoms. The van der Waals surface area contributed by atoms with Crippen LogP contribution in [-0.2, 0) is 0 Å². The van der Waals surface area contributed by atoms with E-state index in [0.29, 0.717) is 5.92 Å². The Kier molecular flexibility index (Phi) is 3.72. The third kappa shape index (κ3) is 2.92. The fourth-order valence-corrected chi connectivity index (χ4v) is 2.01. The first kappa shape index (κ1) is 11.3. The maximum absolute atomic E-state index is 12.0. The summed E-state index contributed by atoms with van der Waals surface area (Å²) in [6.07, 6.45) is -1.15. The molecule has 2 nitrogen and oxygen atoms in total. The van der Waals surface area contributed by atoms with Crippen LogP contribution in [0.5, 0.6) is 0 Å². The lowest BCUT2D eigenvalue weighted by Crippen LogP contribution is -2.10. The number of rotatable bonds is 4. The lowest BCUT2D eigenvalue weighted by molar-refractivity contribution is 0.163. The summed E-state index contributed by atoms with van der Waals surface area (Å²) in [5, 5.41) is 6.01. The van der Waals surface area contributed by atoms with Crippen LogP contribution in [0.4, 0.5) is 14.5 Å². The minimum absolute atomic E-state index is 0.287. The van der Waals surface area contributed by atoms with E-state index in [1.807, 2.05) is 24.3 Å².